The van der Waals surface area contributed by atoms with E-state index in [1.165, 1.54) is 12.1 Å². The number of carbonyl (C=O) groups excluding carboxylic acids is 1. The van der Waals surface area contributed by atoms with Crippen LogP contribution < -0.4 is 5.32 Å². The van der Waals surface area contributed by atoms with Crippen LogP contribution in [0.15, 0.2) is 49.1 Å². The third-order valence-corrected chi connectivity index (χ3v) is 4.79. The summed E-state index contributed by atoms with van der Waals surface area (Å²) in [4.78, 5) is 23.1. The van der Waals surface area contributed by atoms with E-state index in [0.717, 1.165) is 22.5 Å². The molecule has 3 aromatic rings. The Morgan fingerprint density at radius 3 is 2.96 bits per heavy atom. The quantitative estimate of drug-likeness (QED) is 0.772. The first-order chi connectivity index (χ1) is 13.2. The summed E-state index contributed by atoms with van der Waals surface area (Å²) in [5, 5.41) is 3.11. The number of rotatable bonds is 4. The minimum atomic E-state index is -0.300. The molecule has 7 heteroatoms. The zero-order valence-electron chi connectivity index (χ0n) is 15.0. The first-order valence-corrected chi connectivity index (χ1v) is 8.84. The van der Waals surface area contributed by atoms with Crippen LogP contribution in [-0.4, -0.2) is 38.9 Å². The molecule has 0 saturated heterocycles. The molecule has 0 bridgehead atoms. The largest absolute Gasteiger partial charge is 0.331 e. The van der Waals surface area contributed by atoms with Gasteiger partial charge in [0.1, 0.15) is 5.82 Å². The molecule has 0 spiro atoms. The molecule has 0 aliphatic carbocycles. The molecule has 27 heavy (non-hydrogen) atoms. The lowest BCUT2D eigenvalue weighted by Crippen LogP contribution is -2.38. The fraction of sp³-hybridized carbons (Fsp3) is 0.250. The fourth-order valence-corrected chi connectivity index (χ4v) is 3.44. The van der Waals surface area contributed by atoms with Crippen LogP contribution >= 0.6 is 0 Å². The minimum absolute atomic E-state index is 0.0591. The van der Waals surface area contributed by atoms with E-state index in [2.05, 4.69) is 15.3 Å². The molecule has 1 amide bonds. The van der Waals surface area contributed by atoms with E-state index in [1.807, 2.05) is 11.6 Å². The SMILES string of the molecule is CNCc1ccc(F)cc1-c1ncn2c1CN(C(=O)c1cccnc1)CC2. The summed E-state index contributed by atoms with van der Waals surface area (Å²) < 4.78 is 15.9. The van der Waals surface area contributed by atoms with Crippen molar-refractivity contribution in [1.82, 2.24) is 24.8 Å². The smallest absolute Gasteiger partial charge is 0.255 e. The predicted molar refractivity (Wildman–Crippen MR) is 99.4 cm³/mol. The third kappa shape index (κ3) is 3.33. The molecule has 0 radical (unpaired) electrons. The lowest BCUT2D eigenvalue weighted by molar-refractivity contribution is 0.0711. The molecule has 6 nitrogen and oxygen atoms in total. The second-order valence-corrected chi connectivity index (χ2v) is 6.53. The molecule has 3 heterocycles. The number of halogens is 1. The van der Waals surface area contributed by atoms with Crippen LogP contribution in [0.3, 0.4) is 0 Å². The zero-order valence-corrected chi connectivity index (χ0v) is 15.0. The van der Waals surface area contributed by atoms with Crippen LogP contribution in [0.5, 0.6) is 0 Å². The minimum Gasteiger partial charge on any atom is -0.331 e. The van der Waals surface area contributed by atoms with Crippen LogP contribution in [0, 0.1) is 5.82 Å². The van der Waals surface area contributed by atoms with Gasteiger partial charge in [0.25, 0.3) is 5.91 Å². The van der Waals surface area contributed by atoms with Gasteiger partial charge in [0.2, 0.25) is 0 Å². The van der Waals surface area contributed by atoms with Gasteiger partial charge in [-0.25, -0.2) is 9.37 Å². The van der Waals surface area contributed by atoms with E-state index in [-0.39, 0.29) is 11.7 Å². The van der Waals surface area contributed by atoms with Gasteiger partial charge in [-0.15, -0.1) is 0 Å². The first kappa shape index (κ1) is 17.4. The van der Waals surface area contributed by atoms with E-state index >= 15 is 0 Å². The second kappa shape index (κ2) is 7.28. The molecule has 0 unspecified atom stereocenters. The second-order valence-electron chi connectivity index (χ2n) is 6.53. The van der Waals surface area contributed by atoms with E-state index < -0.39 is 0 Å². The fourth-order valence-electron chi connectivity index (χ4n) is 3.44. The molecule has 1 aliphatic rings. The van der Waals surface area contributed by atoms with Gasteiger partial charge >= 0.3 is 0 Å². The number of aromatic nitrogens is 3. The van der Waals surface area contributed by atoms with Crippen molar-refractivity contribution in [3.63, 3.8) is 0 Å². The van der Waals surface area contributed by atoms with Gasteiger partial charge < -0.3 is 14.8 Å². The number of hydrogen-bond acceptors (Lipinski definition) is 4. The average molecular weight is 365 g/mol. The summed E-state index contributed by atoms with van der Waals surface area (Å²) in [5.74, 6) is -0.359. The molecular formula is C20H20FN5O. The maximum Gasteiger partial charge on any atom is 0.255 e. The highest BCUT2D eigenvalue weighted by Crippen LogP contribution is 2.30. The topological polar surface area (TPSA) is 63.1 Å². The average Bonchev–Trinajstić information content (AvgIpc) is 3.12. The molecule has 0 atom stereocenters. The number of pyridine rings is 1. The van der Waals surface area contributed by atoms with E-state index in [4.69, 9.17) is 0 Å². The summed E-state index contributed by atoms with van der Waals surface area (Å²) in [5.41, 5.74) is 3.93. The summed E-state index contributed by atoms with van der Waals surface area (Å²) in [6.45, 7) is 2.30. The van der Waals surface area contributed by atoms with Crippen LogP contribution in [0.4, 0.5) is 4.39 Å². The van der Waals surface area contributed by atoms with Gasteiger partial charge in [-0.1, -0.05) is 6.07 Å². The maximum atomic E-state index is 13.9. The zero-order chi connectivity index (χ0) is 18.8. The van der Waals surface area contributed by atoms with Crippen LogP contribution in [0.25, 0.3) is 11.3 Å². The van der Waals surface area contributed by atoms with Crippen LogP contribution in [0.1, 0.15) is 21.6 Å². The Morgan fingerprint density at radius 2 is 2.19 bits per heavy atom. The number of nitrogens with one attached hydrogen (secondary N) is 1. The number of nitrogens with zero attached hydrogens (tertiary/aromatic N) is 4. The monoisotopic (exact) mass is 365 g/mol. The molecule has 138 valence electrons. The molecule has 1 aliphatic heterocycles. The van der Waals surface area contributed by atoms with Gasteiger partial charge in [0, 0.05) is 37.6 Å². The Labute approximate surface area is 156 Å². The highest BCUT2D eigenvalue weighted by atomic mass is 19.1. The van der Waals surface area contributed by atoms with Gasteiger partial charge in [0.05, 0.1) is 29.8 Å². The number of benzene rings is 1. The normalized spacial score (nSPS) is 13.5. The third-order valence-electron chi connectivity index (χ3n) is 4.79. The lowest BCUT2D eigenvalue weighted by Gasteiger charge is -2.29. The summed E-state index contributed by atoms with van der Waals surface area (Å²) in [6, 6.07) is 8.26. The van der Waals surface area contributed by atoms with Gasteiger partial charge in [-0.05, 0) is 36.9 Å². The van der Waals surface area contributed by atoms with Crippen molar-refractivity contribution in [1.29, 1.82) is 0 Å². The lowest BCUT2D eigenvalue weighted by atomic mass is 10.0. The molecule has 2 aromatic heterocycles. The van der Waals surface area contributed by atoms with E-state index in [0.29, 0.717) is 31.7 Å². The Kier molecular flexibility index (Phi) is 4.68. The summed E-state index contributed by atoms with van der Waals surface area (Å²) >= 11 is 0. The van der Waals surface area contributed by atoms with Crippen LogP contribution in [0.2, 0.25) is 0 Å². The highest BCUT2D eigenvalue weighted by molar-refractivity contribution is 5.94. The Balaban J connectivity index is 1.69. The number of fused-ring (bicyclic) bond motifs is 1. The Morgan fingerprint density at radius 1 is 1.30 bits per heavy atom. The van der Waals surface area contributed by atoms with Gasteiger partial charge in [0.15, 0.2) is 0 Å². The molecule has 4 rings (SSSR count). The first-order valence-electron chi connectivity index (χ1n) is 8.84. The maximum absolute atomic E-state index is 13.9. The molecule has 1 aromatic carbocycles. The molecule has 1 N–H and O–H groups in total. The van der Waals surface area contributed by atoms with Crippen molar-refractivity contribution in [3.05, 3.63) is 71.7 Å². The van der Waals surface area contributed by atoms with E-state index in [9.17, 15) is 9.18 Å². The highest BCUT2D eigenvalue weighted by Gasteiger charge is 2.26. The standard InChI is InChI=1S/C20H20FN5O/c1-22-10-14-4-5-16(21)9-17(14)19-18-12-25(7-8-26(18)13-24-19)20(27)15-3-2-6-23-11-15/h2-6,9,11,13,22H,7-8,10,12H2,1H3. The molecular weight excluding hydrogens is 345 g/mol. The van der Waals surface area contributed by atoms with Gasteiger partial charge in [-0.3, -0.25) is 9.78 Å². The van der Waals surface area contributed by atoms with E-state index in [1.54, 1.807) is 41.8 Å². The number of amides is 1. The predicted octanol–water partition coefficient (Wildman–Crippen LogP) is 2.46. The number of carbonyl (C=O) groups is 1. The van der Waals surface area contributed by atoms with Crippen molar-refractivity contribution >= 4 is 5.91 Å². The molecule has 0 fully saturated rings. The van der Waals surface area contributed by atoms with Crippen molar-refractivity contribution in [3.8, 4) is 11.3 Å². The van der Waals surface area contributed by atoms with Gasteiger partial charge in [-0.2, -0.15) is 0 Å². The van der Waals surface area contributed by atoms with Crippen LogP contribution in [-0.2, 0) is 19.6 Å². The van der Waals surface area contributed by atoms with Crippen molar-refractivity contribution < 1.29 is 9.18 Å². The number of imidazole rings is 1. The number of hydrogen-bond donors (Lipinski definition) is 1. The molecule has 0 saturated carbocycles. The van der Waals surface area contributed by atoms with Crippen molar-refractivity contribution in [2.75, 3.05) is 13.6 Å². The Hall–Kier alpha value is -3.06. The summed E-state index contributed by atoms with van der Waals surface area (Å²) in [7, 11) is 1.85. The van der Waals surface area contributed by atoms with Crippen molar-refractivity contribution in [2.45, 2.75) is 19.6 Å². The van der Waals surface area contributed by atoms with Crippen molar-refractivity contribution in [2.24, 2.45) is 0 Å². The summed E-state index contributed by atoms with van der Waals surface area (Å²) in [6.07, 6.45) is 4.99. The Bertz CT molecular complexity index is 970.